The standard InChI is InChI=1S/C11H17ClO7P2S/c1-7(2)5-8-6-9(3-4-10(8)12)22-11(13,20(14,15)16)21(17,18)19/h3-4,6-7,13H,5H2,1-2H3,(H2,14,15,16)(H2,17,18,19). The molecule has 7 nitrogen and oxygen atoms in total. The van der Waals surface area contributed by atoms with Gasteiger partial charge in [-0.25, -0.2) is 0 Å². The zero-order valence-corrected chi connectivity index (χ0v) is 15.1. The Kier molecular flexibility index (Phi) is 6.35. The van der Waals surface area contributed by atoms with Crippen LogP contribution in [0.4, 0.5) is 0 Å². The largest absolute Gasteiger partial charge is 0.380 e. The molecule has 1 aromatic carbocycles. The molecule has 1 rings (SSSR count). The molecule has 0 atom stereocenters. The van der Waals surface area contributed by atoms with E-state index in [1.54, 1.807) is 0 Å². The molecule has 0 saturated carbocycles. The van der Waals surface area contributed by atoms with Crippen LogP contribution in [0, 0.1) is 5.92 Å². The minimum absolute atomic E-state index is 0.0255. The highest BCUT2D eigenvalue weighted by molar-refractivity contribution is 8.13. The van der Waals surface area contributed by atoms with Crippen molar-refractivity contribution in [2.75, 3.05) is 0 Å². The summed E-state index contributed by atoms with van der Waals surface area (Å²) in [5, 5.41) is 10.3. The van der Waals surface area contributed by atoms with Crippen molar-refractivity contribution < 1.29 is 33.8 Å². The molecule has 0 unspecified atom stereocenters. The Balaban J connectivity index is 3.27. The van der Waals surface area contributed by atoms with Crippen LogP contribution in [0.2, 0.25) is 5.02 Å². The van der Waals surface area contributed by atoms with Crippen molar-refractivity contribution in [3.05, 3.63) is 28.8 Å². The van der Waals surface area contributed by atoms with Crippen LogP contribution in [0.5, 0.6) is 0 Å². The molecule has 126 valence electrons. The maximum atomic E-state index is 11.3. The van der Waals surface area contributed by atoms with Crippen LogP contribution in [0.15, 0.2) is 23.1 Å². The first-order valence-electron chi connectivity index (χ1n) is 6.09. The van der Waals surface area contributed by atoms with Crippen molar-refractivity contribution in [3.63, 3.8) is 0 Å². The lowest BCUT2D eigenvalue weighted by Gasteiger charge is -2.28. The third-order valence-electron chi connectivity index (χ3n) is 2.66. The predicted molar refractivity (Wildman–Crippen MR) is 84.9 cm³/mol. The van der Waals surface area contributed by atoms with Crippen LogP contribution in [0.1, 0.15) is 19.4 Å². The molecular weight excluding hydrogens is 374 g/mol. The second kappa shape index (κ2) is 6.93. The van der Waals surface area contributed by atoms with Gasteiger partial charge in [0, 0.05) is 9.92 Å². The molecule has 0 bridgehead atoms. The number of aliphatic hydroxyl groups is 1. The quantitative estimate of drug-likeness (QED) is 0.284. The van der Waals surface area contributed by atoms with E-state index < -0.39 is 19.6 Å². The van der Waals surface area contributed by atoms with E-state index in [2.05, 4.69) is 0 Å². The number of thioether (sulfide) groups is 1. The first-order valence-corrected chi connectivity index (χ1v) is 10.5. The summed E-state index contributed by atoms with van der Waals surface area (Å²) in [5.41, 5.74) is 0.653. The third kappa shape index (κ3) is 4.57. The van der Waals surface area contributed by atoms with Crippen molar-refractivity contribution in [3.8, 4) is 0 Å². The summed E-state index contributed by atoms with van der Waals surface area (Å²) in [7, 11) is -11.0. The average Bonchev–Trinajstić information content (AvgIpc) is 2.29. The lowest BCUT2D eigenvalue weighted by Crippen LogP contribution is -2.24. The smallest absolute Gasteiger partial charge is 0.359 e. The number of benzene rings is 1. The fourth-order valence-electron chi connectivity index (χ4n) is 1.66. The summed E-state index contributed by atoms with van der Waals surface area (Å²) in [6.07, 6.45) is 0.567. The van der Waals surface area contributed by atoms with Gasteiger partial charge < -0.3 is 24.7 Å². The van der Waals surface area contributed by atoms with E-state index in [1.807, 2.05) is 13.8 Å². The number of hydrogen-bond acceptors (Lipinski definition) is 4. The van der Waals surface area contributed by atoms with E-state index in [4.69, 9.17) is 31.2 Å². The molecule has 0 aliphatic rings. The highest BCUT2D eigenvalue weighted by Crippen LogP contribution is 2.73. The van der Waals surface area contributed by atoms with E-state index >= 15 is 0 Å². The van der Waals surface area contributed by atoms with Crippen LogP contribution in [-0.2, 0) is 15.6 Å². The zero-order chi connectivity index (χ0) is 17.3. The van der Waals surface area contributed by atoms with E-state index in [1.165, 1.54) is 18.2 Å². The maximum absolute atomic E-state index is 11.3. The average molecular weight is 391 g/mol. The monoisotopic (exact) mass is 390 g/mol. The molecule has 0 amide bonds. The Bertz CT molecular complexity index is 617. The summed E-state index contributed by atoms with van der Waals surface area (Å²) >= 11 is 6.04. The lowest BCUT2D eigenvalue weighted by atomic mass is 10.0. The molecule has 1 aromatic rings. The molecule has 0 radical (unpaired) electrons. The van der Waals surface area contributed by atoms with Crippen LogP contribution in [-0.4, -0.2) is 29.1 Å². The van der Waals surface area contributed by atoms with Gasteiger partial charge in [0.05, 0.1) is 0 Å². The highest BCUT2D eigenvalue weighted by Gasteiger charge is 2.60. The third-order valence-corrected chi connectivity index (χ3v) is 8.85. The van der Waals surface area contributed by atoms with Crippen LogP contribution in [0.25, 0.3) is 0 Å². The van der Waals surface area contributed by atoms with Gasteiger partial charge in [-0.1, -0.05) is 37.2 Å². The second-order valence-electron chi connectivity index (χ2n) is 5.12. The minimum Gasteiger partial charge on any atom is -0.359 e. The minimum atomic E-state index is -5.51. The molecule has 22 heavy (non-hydrogen) atoms. The molecule has 0 saturated heterocycles. The predicted octanol–water partition coefficient (Wildman–Crippen LogP) is 2.59. The van der Waals surface area contributed by atoms with Crippen molar-refractivity contribution in [1.29, 1.82) is 0 Å². The molecule has 0 aliphatic carbocycles. The molecule has 0 spiro atoms. The van der Waals surface area contributed by atoms with E-state index in [9.17, 15) is 14.2 Å². The van der Waals surface area contributed by atoms with Gasteiger partial charge in [-0.05, 0) is 36.1 Å². The fraction of sp³-hybridized carbons (Fsp3) is 0.455. The van der Waals surface area contributed by atoms with Crippen LogP contribution in [0.3, 0.4) is 0 Å². The van der Waals surface area contributed by atoms with E-state index in [-0.39, 0.29) is 22.6 Å². The summed E-state index contributed by atoms with van der Waals surface area (Å²) in [6.45, 7) is 3.88. The van der Waals surface area contributed by atoms with Gasteiger partial charge >= 0.3 is 19.6 Å². The Morgan fingerprint density at radius 1 is 1.18 bits per heavy atom. The molecule has 5 N–H and O–H groups in total. The maximum Gasteiger partial charge on any atom is 0.380 e. The summed E-state index contributed by atoms with van der Waals surface area (Å²) in [4.78, 5) is 36.6. The molecule has 0 heterocycles. The van der Waals surface area contributed by atoms with Gasteiger partial charge in [0.2, 0.25) is 0 Å². The second-order valence-corrected chi connectivity index (χ2v) is 11.2. The highest BCUT2D eigenvalue weighted by atomic mass is 35.5. The SMILES string of the molecule is CC(C)Cc1cc(SC(O)(P(=O)(O)O)P(=O)(O)O)ccc1Cl. The Morgan fingerprint density at radius 3 is 2.09 bits per heavy atom. The van der Waals surface area contributed by atoms with Gasteiger partial charge in [0.25, 0.3) is 0 Å². The van der Waals surface area contributed by atoms with Crippen molar-refractivity contribution in [1.82, 2.24) is 0 Å². The molecular formula is C11H17ClO7P2S. The zero-order valence-electron chi connectivity index (χ0n) is 11.7. The van der Waals surface area contributed by atoms with E-state index in [0.29, 0.717) is 17.0 Å². The first kappa shape index (κ1) is 20.2. The number of halogens is 1. The molecule has 0 fully saturated rings. The molecule has 0 aromatic heterocycles. The van der Waals surface area contributed by atoms with Gasteiger partial charge in [0.15, 0.2) is 0 Å². The number of hydrogen-bond donors (Lipinski definition) is 5. The van der Waals surface area contributed by atoms with Crippen molar-refractivity contribution >= 4 is 38.6 Å². The Morgan fingerprint density at radius 2 is 1.68 bits per heavy atom. The Hall–Kier alpha value is 0.120. The number of rotatable bonds is 6. The van der Waals surface area contributed by atoms with Gasteiger partial charge in [0.1, 0.15) is 0 Å². The molecule has 0 aliphatic heterocycles. The van der Waals surface area contributed by atoms with Crippen molar-refractivity contribution in [2.24, 2.45) is 5.92 Å². The fourth-order valence-corrected chi connectivity index (χ4v) is 5.45. The summed E-state index contributed by atoms with van der Waals surface area (Å²) in [6, 6.07) is 4.22. The molecule has 11 heteroatoms. The summed E-state index contributed by atoms with van der Waals surface area (Å²) < 4.78 is 19.1. The Labute approximate surface area is 137 Å². The lowest BCUT2D eigenvalue weighted by molar-refractivity contribution is 0.198. The van der Waals surface area contributed by atoms with Crippen LogP contribution < -0.4 is 0 Å². The van der Waals surface area contributed by atoms with Gasteiger partial charge in [-0.3, -0.25) is 9.13 Å². The topological polar surface area (TPSA) is 135 Å². The first-order chi connectivity index (χ1) is 9.78. The van der Waals surface area contributed by atoms with Gasteiger partial charge in [-0.15, -0.1) is 0 Å². The van der Waals surface area contributed by atoms with Gasteiger partial charge in [-0.2, -0.15) is 0 Å². The van der Waals surface area contributed by atoms with Crippen molar-refractivity contribution in [2.45, 2.75) is 29.6 Å². The normalized spacial score (nSPS) is 13.7. The summed E-state index contributed by atoms with van der Waals surface area (Å²) in [5.74, 6) is 0.250. The van der Waals surface area contributed by atoms with E-state index in [0.717, 1.165) is 0 Å². The van der Waals surface area contributed by atoms with Crippen LogP contribution >= 0.6 is 38.6 Å².